The van der Waals surface area contributed by atoms with Crippen LogP contribution in [0.15, 0.2) is 29.2 Å². The van der Waals surface area contributed by atoms with Gasteiger partial charge in [0.25, 0.3) is 11.1 Å². The molecule has 28 heavy (non-hydrogen) atoms. The van der Waals surface area contributed by atoms with Gasteiger partial charge in [0.15, 0.2) is 0 Å². The van der Waals surface area contributed by atoms with Crippen LogP contribution in [0.5, 0.6) is 5.75 Å². The first-order valence-corrected chi connectivity index (χ1v) is 10.6. The zero-order valence-electron chi connectivity index (χ0n) is 16.3. The standard InChI is InChI=1S/C21H26N2O4S/c1-3-15(2)27-17-10-6-5-9-16(17)13-18-20(25)23(21(26)28-18)14-19(24)22-11-7-4-8-12-22/h5-6,9-10,13,15H,3-4,7-8,11-12,14H2,1-2H3. The van der Waals surface area contributed by atoms with Crippen LogP contribution < -0.4 is 4.74 Å². The number of amides is 3. The fourth-order valence-corrected chi connectivity index (χ4v) is 3.99. The second kappa shape index (κ2) is 9.28. The van der Waals surface area contributed by atoms with E-state index in [9.17, 15) is 14.4 Å². The molecule has 0 saturated carbocycles. The van der Waals surface area contributed by atoms with Gasteiger partial charge in [0.1, 0.15) is 12.3 Å². The molecule has 0 radical (unpaired) electrons. The quantitative estimate of drug-likeness (QED) is 0.675. The summed E-state index contributed by atoms with van der Waals surface area (Å²) in [5, 5.41) is -0.401. The van der Waals surface area contributed by atoms with Gasteiger partial charge >= 0.3 is 0 Å². The molecule has 2 aliphatic heterocycles. The highest BCUT2D eigenvalue weighted by molar-refractivity contribution is 8.18. The van der Waals surface area contributed by atoms with Crippen molar-refractivity contribution in [3.8, 4) is 5.75 Å². The van der Waals surface area contributed by atoms with Crippen LogP contribution in [0.2, 0.25) is 0 Å². The van der Waals surface area contributed by atoms with Crippen LogP contribution in [0.3, 0.4) is 0 Å². The number of nitrogens with zero attached hydrogens (tertiary/aromatic N) is 2. The number of para-hydroxylation sites is 1. The topological polar surface area (TPSA) is 66.9 Å². The molecule has 2 aliphatic rings. The van der Waals surface area contributed by atoms with Crippen molar-refractivity contribution in [3.05, 3.63) is 34.7 Å². The summed E-state index contributed by atoms with van der Waals surface area (Å²) in [6.07, 6.45) is 5.65. The number of carbonyl (C=O) groups excluding carboxylic acids is 3. The molecular weight excluding hydrogens is 376 g/mol. The van der Waals surface area contributed by atoms with E-state index in [1.165, 1.54) is 0 Å². The van der Waals surface area contributed by atoms with Crippen molar-refractivity contribution in [1.82, 2.24) is 9.80 Å². The van der Waals surface area contributed by atoms with Crippen molar-refractivity contribution in [2.24, 2.45) is 0 Å². The predicted molar refractivity (Wildman–Crippen MR) is 110 cm³/mol. The van der Waals surface area contributed by atoms with Gasteiger partial charge in [-0.2, -0.15) is 0 Å². The first-order chi connectivity index (χ1) is 13.5. The maximum atomic E-state index is 12.7. The lowest BCUT2D eigenvalue weighted by molar-refractivity contribution is -0.136. The van der Waals surface area contributed by atoms with E-state index in [-0.39, 0.29) is 18.6 Å². The summed E-state index contributed by atoms with van der Waals surface area (Å²) in [7, 11) is 0. The number of rotatable bonds is 6. The third-order valence-electron chi connectivity index (χ3n) is 4.98. The van der Waals surface area contributed by atoms with Crippen molar-refractivity contribution in [1.29, 1.82) is 0 Å². The fourth-order valence-electron chi connectivity index (χ4n) is 3.16. The number of hydrogen-bond donors (Lipinski definition) is 0. The molecule has 2 heterocycles. The molecule has 0 bridgehead atoms. The van der Waals surface area contributed by atoms with Crippen molar-refractivity contribution in [2.45, 2.75) is 45.6 Å². The highest BCUT2D eigenvalue weighted by Crippen LogP contribution is 2.34. The summed E-state index contributed by atoms with van der Waals surface area (Å²) >= 11 is 0.871. The summed E-state index contributed by atoms with van der Waals surface area (Å²) in [5.74, 6) is 0.0931. The third kappa shape index (κ3) is 4.76. The summed E-state index contributed by atoms with van der Waals surface area (Å²) < 4.78 is 5.91. The molecule has 0 aliphatic carbocycles. The van der Waals surface area contributed by atoms with Crippen molar-refractivity contribution < 1.29 is 19.1 Å². The Morgan fingerprint density at radius 2 is 1.93 bits per heavy atom. The average Bonchev–Trinajstić information content (AvgIpc) is 2.97. The molecule has 1 aromatic rings. The van der Waals surface area contributed by atoms with E-state index in [2.05, 4.69) is 0 Å². The average molecular weight is 403 g/mol. The number of carbonyl (C=O) groups is 3. The van der Waals surface area contributed by atoms with Crippen LogP contribution >= 0.6 is 11.8 Å². The normalized spacial score (nSPS) is 20.0. The summed E-state index contributed by atoms with van der Waals surface area (Å²) in [6.45, 7) is 5.23. The first-order valence-electron chi connectivity index (χ1n) is 9.78. The second-order valence-electron chi connectivity index (χ2n) is 7.08. The molecule has 3 rings (SSSR count). The number of likely N-dealkylation sites (tertiary alicyclic amines) is 1. The van der Waals surface area contributed by atoms with E-state index < -0.39 is 11.1 Å². The van der Waals surface area contributed by atoms with Gasteiger partial charge < -0.3 is 9.64 Å². The highest BCUT2D eigenvalue weighted by Gasteiger charge is 2.37. The second-order valence-corrected chi connectivity index (χ2v) is 8.08. The third-order valence-corrected chi connectivity index (χ3v) is 5.89. The maximum absolute atomic E-state index is 12.7. The van der Waals surface area contributed by atoms with E-state index in [4.69, 9.17) is 4.74 Å². The molecule has 0 N–H and O–H groups in total. The fraction of sp³-hybridized carbons (Fsp3) is 0.476. The lowest BCUT2D eigenvalue weighted by Crippen LogP contribution is -2.44. The van der Waals surface area contributed by atoms with Gasteiger partial charge in [-0.05, 0) is 56.5 Å². The molecule has 1 unspecified atom stereocenters. The Labute approximate surface area is 169 Å². The lowest BCUT2D eigenvalue weighted by Gasteiger charge is -2.27. The van der Waals surface area contributed by atoms with Gasteiger partial charge in [-0.1, -0.05) is 25.1 Å². The van der Waals surface area contributed by atoms with Crippen LogP contribution in [0.1, 0.15) is 45.1 Å². The van der Waals surface area contributed by atoms with Gasteiger partial charge in [0.2, 0.25) is 5.91 Å². The molecule has 0 aromatic heterocycles. The van der Waals surface area contributed by atoms with Crippen molar-refractivity contribution in [2.75, 3.05) is 19.6 Å². The van der Waals surface area contributed by atoms with Gasteiger partial charge in [-0.15, -0.1) is 0 Å². The number of benzene rings is 1. The Morgan fingerprint density at radius 3 is 2.64 bits per heavy atom. The Kier molecular flexibility index (Phi) is 6.78. The molecule has 0 spiro atoms. The number of thioether (sulfide) groups is 1. The molecule has 150 valence electrons. The Bertz CT molecular complexity index is 786. The largest absolute Gasteiger partial charge is 0.490 e. The van der Waals surface area contributed by atoms with E-state index in [0.717, 1.165) is 47.9 Å². The molecule has 1 aromatic carbocycles. The van der Waals surface area contributed by atoms with Crippen molar-refractivity contribution in [3.63, 3.8) is 0 Å². The molecule has 6 nitrogen and oxygen atoms in total. The summed E-state index contributed by atoms with van der Waals surface area (Å²) in [4.78, 5) is 40.6. The molecule has 7 heteroatoms. The molecule has 2 saturated heterocycles. The minimum atomic E-state index is -0.418. The van der Waals surface area contributed by atoms with Gasteiger partial charge in [-0.25, -0.2) is 0 Å². The van der Waals surface area contributed by atoms with Crippen molar-refractivity contribution >= 4 is 34.9 Å². The predicted octanol–water partition coefficient (Wildman–Crippen LogP) is 3.91. The number of ether oxygens (including phenoxy) is 1. The van der Waals surface area contributed by atoms with Gasteiger partial charge in [0, 0.05) is 18.7 Å². The zero-order chi connectivity index (χ0) is 20.1. The SMILES string of the molecule is CCC(C)Oc1ccccc1C=C1SC(=O)N(CC(=O)N2CCCCC2)C1=O. The van der Waals surface area contributed by atoms with E-state index in [0.29, 0.717) is 23.7 Å². The van der Waals surface area contributed by atoms with Crippen LogP contribution in [-0.4, -0.2) is 52.6 Å². The minimum absolute atomic E-state index is 0.0479. The number of piperidine rings is 1. The number of imide groups is 1. The van der Waals surface area contributed by atoms with Crippen LogP contribution in [0.4, 0.5) is 4.79 Å². The Morgan fingerprint density at radius 1 is 1.21 bits per heavy atom. The van der Waals surface area contributed by atoms with Gasteiger partial charge in [-0.3, -0.25) is 19.3 Å². The van der Waals surface area contributed by atoms with Gasteiger partial charge in [0.05, 0.1) is 11.0 Å². The Balaban J connectivity index is 1.73. The van der Waals surface area contributed by atoms with Crippen LogP contribution in [-0.2, 0) is 9.59 Å². The molecule has 3 amide bonds. The maximum Gasteiger partial charge on any atom is 0.294 e. The molecule has 1 atom stereocenters. The molecule has 2 fully saturated rings. The number of hydrogen-bond acceptors (Lipinski definition) is 5. The van der Waals surface area contributed by atoms with E-state index in [1.807, 2.05) is 38.1 Å². The first kappa shape index (κ1) is 20.5. The smallest absolute Gasteiger partial charge is 0.294 e. The summed E-state index contributed by atoms with van der Waals surface area (Å²) in [5.41, 5.74) is 0.746. The van der Waals surface area contributed by atoms with E-state index in [1.54, 1.807) is 11.0 Å². The highest BCUT2D eigenvalue weighted by atomic mass is 32.2. The van der Waals surface area contributed by atoms with Crippen LogP contribution in [0.25, 0.3) is 6.08 Å². The summed E-state index contributed by atoms with van der Waals surface area (Å²) in [6, 6.07) is 7.43. The van der Waals surface area contributed by atoms with E-state index >= 15 is 0 Å². The lowest BCUT2D eigenvalue weighted by atomic mass is 10.1. The Hall–Kier alpha value is -2.28. The van der Waals surface area contributed by atoms with Crippen LogP contribution in [0, 0.1) is 0 Å². The minimum Gasteiger partial charge on any atom is -0.490 e. The monoisotopic (exact) mass is 402 g/mol. The molecular formula is C21H26N2O4S. The zero-order valence-corrected chi connectivity index (χ0v) is 17.2.